The first-order chi connectivity index (χ1) is 10.1. The smallest absolute Gasteiger partial charge is 0.319 e. The maximum atomic E-state index is 12.3. The standard InChI is InChI=1S/C15H27N3O4/c1-15(2,8-5-12(19)20)16-13(21)11-6-9-18(10-7-11)14(22)17(3)4/h11H,5-10H2,1-4H3,(H,16,21)(H,19,20). The summed E-state index contributed by atoms with van der Waals surface area (Å²) in [6, 6.07) is -0.0272. The molecule has 1 saturated heterocycles. The van der Waals surface area contributed by atoms with E-state index in [0.29, 0.717) is 32.4 Å². The number of hydrogen-bond acceptors (Lipinski definition) is 3. The molecule has 0 aromatic rings. The molecule has 0 atom stereocenters. The highest BCUT2D eigenvalue weighted by molar-refractivity contribution is 5.80. The molecular formula is C15H27N3O4. The fourth-order valence-electron chi connectivity index (χ4n) is 2.53. The van der Waals surface area contributed by atoms with E-state index in [0.717, 1.165) is 0 Å². The number of rotatable bonds is 5. The molecule has 126 valence electrons. The second-order valence-corrected chi connectivity index (χ2v) is 6.71. The number of carboxylic acid groups (broad SMARTS) is 1. The van der Waals surface area contributed by atoms with Crippen LogP contribution in [0.2, 0.25) is 0 Å². The summed E-state index contributed by atoms with van der Waals surface area (Å²) in [6.45, 7) is 4.81. The summed E-state index contributed by atoms with van der Waals surface area (Å²) in [5.41, 5.74) is -0.536. The summed E-state index contributed by atoms with van der Waals surface area (Å²) in [5.74, 6) is -1.03. The van der Waals surface area contributed by atoms with E-state index < -0.39 is 11.5 Å². The highest BCUT2D eigenvalue weighted by Gasteiger charge is 2.30. The third kappa shape index (κ3) is 5.54. The molecule has 7 heteroatoms. The van der Waals surface area contributed by atoms with Crippen molar-refractivity contribution in [2.24, 2.45) is 5.92 Å². The van der Waals surface area contributed by atoms with Crippen molar-refractivity contribution in [3.8, 4) is 0 Å². The van der Waals surface area contributed by atoms with Crippen LogP contribution >= 0.6 is 0 Å². The molecule has 0 aromatic carbocycles. The molecule has 0 radical (unpaired) electrons. The fourth-order valence-corrected chi connectivity index (χ4v) is 2.53. The summed E-state index contributed by atoms with van der Waals surface area (Å²) in [7, 11) is 3.43. The maximum Gasteiger partial charge on any atom is 0.319 e. The lowest BCUT2D eigenvalue weighted by Gasteiger charge is -2.35. The Morgan fingerprint density at radius 2 is 1.77 bits per heavy atom. The van der Waals surface area contributed by atoms with Crippen LogP contribution in [0.15, 0.2) is 0 Å². The molecule has 1 heterocycles. The van der Waals surface area contributed by atoms with Gasteiger partial charge in [0.05, 0.1) is 0 Å². The van der Waals surface area contributed by atoms with Crippen molar-refractivity contribution in [2.45, 2.75) is 45.1 Å². The first kappa shape index (κ1) is 18.3. The average Bonchev–Trinajstić information content (AvgIpc) is 2.44. The molecule has 2 N–H and O–H groups in total. The molecule has 1 aliphatic heterocycles. The molecule has 0 bridgehead atoms. The number of likely N-dealkylation sites (tertiary alicyclic amines) is 1. The third-order valence-electron chi connectivity index (χ3n) is 3.94. The van der Waals surface area contributed by atoms with Crippen LogP contribution in [0.4, 0.5) is 4.79 Å². The Morgan fingerprint density at radius 1 is 1.23 bits per heavy atom. The summed E-state index contributed by atoms with van der Waals surface area (Å²) >= 11 is 0. The molecule has 1 aliphatic rings. The van der Waals surface area contributed by atoms with Crippen molar-refractivity contribution in [1.82, 2.24) is 15.1 Å². The Hall–Kier alpha value is -1.79. The Balaban J connectivity index is 2.45. The number of aliphatic carboxylic acids is 1. The van der Waals surface area contributed by atoms with Crippen LogP contribution in [-0.2, 0) is 9.59 Å². The number of urea groups is 1. The van der Waals surface area contributed by atoms with Crippen molar-refractivity contribution in [3.63, 3.8) is 0 Å². The minimum absolute atomic E-state index is 0.0272. The molecular weight excluding hydrogens is 286 g/mol. The quantitative estimate of drug-likeness (QED) is 0.796. The number of carbonyl (C=O) groups is 3. The van der Waals surface area contributed by atoms with Gasteiger partial charge in [0.15, 0.2) is 0 Å². The Morgan fingerprint density at radius 3 is 2.23 bits per heavy atom. The highest BCUT2D eigenvalue weighted by Crippen LogP contribution is 2.20. The van der Waals surface area contributed by atoms with Gasteiger partial charge in [-0.3, -0.25) is 9.59 Å². The van der Waals surface area contributed by atoms with Crippen molar-refractivity contribution in [2.75, 3.05) is 27.2 Å². The number of nitrogens with zero attached hydrogens (tertiary/aromatic N) is 2. The maximum absolute atomic E-state index is 12.3. The minimum atomic E-state index is -0.863. The zero-order valence-electron chi connectivity index (χ0n) is 13.9. The number of amides is 3. The van der Waals surface area contributed by atoms with Gasteiger partial charge in [0.25, 0.3) is 0 Å². The summed E-state index contributed by atoms with van der Waals surface area (Å²) < 4.78 is 0. The van der Waals surface area contributed by atoms with E-state index in [1.54, 1.807) is 19.0 Å². The Kier molecular flexibility index (Phi) is 6.20. The fraction of sp³-hybridized carbons (Fsp3) is 0.800. The summed E-state index contributed by atoms with van der Waals surface area (Å²) in [6.07, 6.45) is 1.70. The van der Waals surface area contributed by atoms with Crippen molar-refractivity contribution in [3.05, 3.63) is 0 Å². The van der Waals surface area contributed by atoms with Gasteiger partial charge in [-0.15, -0.1) is 0 Å². The van der Waals surface area contributed by atoms with Gasteiger partial charge in [0.1, 0.15) is 0 Å². The van der Waals surface area contributed by atoms with Crippen molar-refractivity contribution < 1.29 is 19.5 Å². The predicted molar refractivity (Wildman–Crippen MR) is 82.5 cm³/mol. The molecule has 1 fully saturated rings. The minimum Gasteiger partial charge on any atom is -0.481 e. The van der Waals surface area contributed by atoms with E-state index in [2.05, 4.69) is 5.32 Å². The van der Waals surface area contributed by atoms with E-state index in [9.17, 15) is 14.4 Å². The largest absolute Gasteiger partial charge is 0.481 e. The second-order valence-electron chi connectivity index (χ2n) is 6.71. The zero-order chi connectivity index (χ0) is 16.9. The topological polar surface area (TPSA) is 90.0 Å². The average molecular weight is 313 g/mol. The van der Waals surface area contributed by atoms with Gasteiger partial charge in [-0.25, -0.2) is 4.79 Å². The first-order valence-electron chi connectivity index (χ1n) is 7.62. The lowest BCUT2D eigenvalue weighted by atomic mass is 9.92. The van der Waals surface area contributed by atoms with Crippen LogP contribution in [0.5, 0.6) is 0 Å². The Labute approximate surface area is 131 Å². The number of nitrogens with one attached hydrogen (secondary N) is 1. The van der Waals surface area contributed by atoms with Crippen molar-refractivity contribution in [1.29, 1.82) is 0 Å². The van der Waals surface area contributed by atoms with E-state index in [4.69, 9.17) is 5.11 Å². The van der Waals surface area contributed by atoms with Gasteiger partial charge >= 0.3 is 12.0 Å². The predicted octanol–water partition coefficient (Wildman–Crippen LogP) is 1.14. The number of carboxylic acids is 1. The second kappa shape index (κ2) is 7.47. The first-order valence-corrected chi connectivity index (χ1v) is 7.62. The van der Waals surface area contributed by atoms with Crippen molar-refractivity contribution >= 4 is 17.9 Å². The third-order valence-corrected chi connectivity index (χ3v) is 3.94. The van der Waals surface area contributed by atoms with Crippen LogP contribution in [0, 0.1) is 5.92 Å². The van der Waals surface area contributed by atoms with Gasteiger partial charge in [-0.2, -0.15) is 0 Å². The van der Waals surface area contributed by atoms with Crippen LogP contribution in [0.25, 0.3) is 0 Å². The lowest BCUT2D eigenvalue weighted by Crippen LogP contribution is -2.50. The monoisotopic (exact) mass is 313 g/mol. The van der Waals surface area contributed by atoms with Gasteiger partial charge in [-0.05, 0) is 33.1 Å². The normalized spacial score (nSPS) is 16.3. The molecule has 0 aliphatic carbocycles. The molecule has 0 saturated carbocycles. The number of carbonyl (C=O) groups excluding carboxylic acids is 2. The van der Waals surface area contributed by atoms with E-state index in [-0.39, 0.29) is 24.3 Å². The molecule has 0 spiro atoms. The molecule has 1 rings (SSSR count). The molecule has 7 nitrogen and oxygen atoms in total. The molecule has 3 amide bonds. The number of hydrogen-bond donors (Lipinski definition) is 2. The zero-order valence-corrected chi connectivity index (χ0v) is 13.9. The van der Waals surface area contributed by atoms with E-state index in [1.165, 1.54) is 4.90 Å². The highest BCUT2D eigenvalue weighted by atomic mass is 16.4. The van der Waals surface area contributed by atoms with Crippen LogP contribution in [0.1, 0.15) is 39.5 Å². The van der Waals surface area contributed by atoms with Crippen LogP contribution in [-0.4, -0.2) is 65.5 Å². The van der Waals surface area contributed by atoms with Crippen LogP contribution < -0.4 is 5.32 Å². The van der Waals surface area contributed by atoms with E-state index >= 15 is 0 Å². The molecule has 0 aromatic heterocycles. The van der Waals surface area contributed by atoms with Gasteiger partial charge in [0.2, 0.25) is 5.91 Å². The van der Waals surface area contributed by atoms with Gasteiger partial charge in [-0.1, -0.05) is 0 Å². The SMILES string of the molecule is CN(C)C(=O)N1CCC(C(=O)NC(C)(C)CCC(=O)O)CC1. The Bertz CT molecular complexity index is 427. The number of piperidine rings is 1. The van der Waals surface area contributed by atoms with Gasteiger partial charge < -0.3 is 20.2 Å². The molecule has 0 unspecified atom stereocenters. The van der Waals surface area contributed by atoms with E-state index in [1.807, 2.05) is 13.8 Å². The van der Waals surface area contributed by atoms with Crippen LogP contribution in [0.3, 0.4) is 0 Å². The lowest BCUT2D eigenvalue weighted by molar-refractivity contribution is -0.138. The summed E-state index contributed by atoms with van der Waals surface area (Å²) in [5, 5.41) is 11.7. The summed E-state index contributed by atoms with van der Waals surface area (Å²) in [4.78, 5) is 38.1. The molecule has 22 heavy (non-hydrogen) atoms. The van der Waals surface area contributed by atoms with Gasteiger partial charge in [0, 0.05) is 45.1 Å².